The largest absolute Gasteiger partial charge is 0.294 e. The molecular weight excluding hydrogens is 220 g/mol. The van der Waals surface area contributed by atoms with E-state index < -0.39 is 0 Å². The number of ketones is 1. The molecule has 0 aromatic heterocycles. The highest BCUT2D eigenvalue weighted by molar-refractivity contribution is 6.30. The number of fused-ring (bicyclic) bond motifs is 1. The summed E-state index contributed by atoms with van der Waals surface area (Å²) in [6.45, 7) is 0. The minimum atomic E-state index is 0.227. The number of hydrogen-bond acceptors (Lipinski definition) is 1. The van der Waals surface area contributed by atoms with E-state index in [1.807, 2.05) is 30.3 Å². The van der Waals surface area contributed by atoms with Crippen LogP contribution < -0.4 is 0 Å². The Morgan fingerprint density at radius 1 is 1.38 bits per heavy atom. The quantitative estimate of drug-likeness (QED) is 0.533. The van der Waals surface area contributed by atoms with Gasteiger partial charge in [0.1, 0.15) is 0 Å². The average molecular weight is 231 g/mol. The topological polar surface area (TPSA) is 17.1 Å². The highest BCUT2D eigenvalue weighted by Crippen LogP contribution is 2.44. The van der Waals surface area contributed by atoms with Gasteiger partial charge in [-0.25, -0.2) is 0 Å². The summed E-state index contributed by atoms with van der Waals surface area (Å²) in [6.07, 6.45) is 7.12. The van der Waals surface area contributed by atoms with E-state index in [1.165, 1.54) is 0 Å². The van der Waals surface area contributed by atoms with E-state index >= 15 is 0 Å². The normalized spacial score (nSPS) is 29.3. The van der Waals surface area contributed by atoms with Gasteiger partial charge in [0.25, 0.3) is 0 Å². The number of carbonyl (C=O) groups is 1. The highest BCUT2D eigenvalue weighted by atomic mass is 35.5. The van der Waals surface area contributed by atoms with Crippen molar-refractivity contribution in [2.45, 2.75) is 6.42 Å². The molecule has 0 radical (unpaired) electrons. The third-order valence-corrected chi connectivity index (χ3v) is 3.55. The monoisotopic (exact) mass is 230 g/mol. The number of hydrogen-bond donors (Lipinski definition) is 0. The van der Waals surface area contributed by atoms with E-state index in [0.717, 1.165) is 17.6 Å². The van der Waals surface area contributed by atoms with Crippen LogP contribution in [-0.2, 0) is 4.79 Å². The van der Waals surface area contributed by atoms with E-state index in [2.05, 4.69) is 12.2 Å². The van der Waals surface area contributed by atoms with Crippen molar-refractivity contribution in [1.82, 2.24) is 0 Å². The van der Waals surface area contributed by atoms with Crippen LogP contribution in [0.3, 0.4) is 0 Å². The van der Waals surface area contributed by atoms with Crippen LogP contribution in [0.2, 0.25) is 5.02 Å². The molecule has 0 aliphatic heterocycles. The van der Waals surface area contributed by atoms with Gasteiger partial charge in [0.2, 0.25) is 0 Å². The molecule has 1 nitrogen and oxygen atoms in total. The Bertz CT molecular complexity index is 513. The van der Waals surface area contributed by atoms with Crippen LogP contribution in [0.4, 0.5) is 0 Å². The van der Waals surface area contributed by atoms with Gasteiger partial charge in [-0.1, -0.05) is 35.9 Å². The molecule has 0 spiro atoms. The molecule has 0 saturated heterocycles. The standard InChI is InChI=1S/C14H11ClO/c15-10-4-1-3-9(7-10)8-13-11-5-2-6-12(11)14(13)16/h1-5,7-8,11-12H,6H2/b13-8-/t11-,12+/m1/s1. The minimum Gasteiger partial charge on any atom is -0.294 e. The van der Waals surface area contributed by atoms with Gasteiger partial charge in [0.15, 0.2) is 5.78 Å². The van der Waals surface area contributed by atoms with Crippen LogP contribution in [0.5, 0.6) is 0 Å². The molecule has 0 bridgehead atoms. The Morgan fingerprint density at radius 2 is 2.25 bits per heavy atom. The first-order valence-corrected chi connectivity index (χ1v) is 5.81. The second kappa shape index (κ2) is 3.60. The number of benzene rings is 1. The fourth-order valence-corrected chi connectivity index (χ4v) is 2.67. The molecule has 0 heterocycles. The van der Waals surface area contributed by atoms with Gasteiger partial charge in [-0.05, 0) is 30.2 Å². The third-order valence-electron chi connectivity index (χ3n) is 3.32. The van der Waals surface area contributed by atoms with Gasteiger partial charge in [0.05, 0.1) is 0 Å². The van der Waals surface area contributed by atoms with Crippen molar-refractivity contribution in [2.75, 3.05) is 0 Å². The SMILES string of the molecule is O=C1/C(=C\c2cccc(Cl)c2)[C@@H]2C=CC[C@H]12. The van der Waals surface area contributed by atoms with Gasteiger partial charge < -0.3 is 0 Å². The first kappa shape index (κ1) is 9.86. The average Bonchev–Trinajstić information content (AvgIpc) is 2.70. The second-order valence-electron chi connectivity index (χ2n) is 4.32. The number of Topliss-reactive ketones (excluding diaryl/α,β-unsaturated/α-hetero) is 1. The predicted octanol–water partition coefficient (Wildman–Crippen LogP) is 3.50. The van der Waals surface area contributed by atoms with Crippen LogP contribution in [0.25, 0.3) is 6.08 Å². The Morgan fingerprint density at radius 3 is 3.06 bits per heavy atom. The van der Waals surface area contributed by atoms with Crippen molar-refractivity contribution in [3.63, 3.8) is 0 Å². The predicted molar refractivity (Wildman–Crippen MR) is 65.2 cm³/mol. The third kappa shape index (κ3) is 1.43. The van der Waals surface area contributed by atoms with E-state index in [9.17, 15) is 4.79 Å². The Labute approximate surface area is 99.4 Å². The summed E-state index contributed by atoms with van der Waals surface area (Å²) in [4.78, 5) is 11.8. The second-order valence-corrected chi connectivity index (χ2v) is 4.75. The molecule has 2 heteroatoms. The molecule has 0 N–H and O–H groups in total. The number of halogens is 1. The summed E-state index contributed by atoms with van der Waals surface area (Å²) in [5.41, 5.74) is 1.94. The summed E-state index contributed by atoms with van der Waals surface area (Å²) in [7, 11) is 0. The summed E-state index contributed by atoms with van der Waals surface area (Å²) in [5, 5.41) is 0.708. The lowest BCUT2D eigenvalue weighted by Crippen LogP contribution is -2.36. The first-order chi connectivity index (χ1) is 7.75. The molecule has 1 aromatic rings. The van der Waals surface area contributed by atoms with E-state index in [0.29, 0.717) is 16.7 Å². The lowest BCUT2D eigenvalue weighted by atomic mass is 9.69. The summed E-state index contributed by atoms with van der Waals surface area (Å²) in [6, 6.07) is 7.59. The van der Waals surface area contributed by atoms with Crippen molar-refractivity contribution >= 4 is 23.5 Å². The fourth-order valence-electron chi connectivity index (χ4n) is 2.47. The molecule has 2 atom stereocenters. The van der Waals surface area contributed by atoms with Crippen LogP contribution in [0.1, 0.15) is 12.0 Å². The van der Waals surface area contributed by atoms with Crippen molar-refractivity contribution < 1.29 is 4.79 Å². The van der Waals surface area contributed by atoms with Gasteiger partial charge in [-0.2, -0.15) is 0 Å². The number of allylic oxidation sites excluding steroid dienone is 3. The van der Waals surface area contributed by atoms with Crippen molar-refractivity contribution in [3.8, 4) is 0 Å². The van der Waals surface area contributed by atoms with Crippen LogP contribution in [0.15, 0.2) is 42.0 Å². The highest BCUT2D eigenvalue weighted by Gasteiger charge is 2.44. The number of carbonyl (C=O) groups excluding carboxylic acids is 1. The van der Waals surface area contributed by atoms with Crippen LogP contribution in [-0.4, -0.2) is 5.78 Å². The summed E-state index contributed by atoms with van der Waals surface area (Å²) < 4.78 is 0. The maximum atomic E-state index is 11.8. The zero-order valence-electron chi connectivity index (χ0n) is 8.69. The van der Waals surface area contributed by atoms with E-state index in [-0.39, 0.29) is 5.92 Å². The number of rotatable bonds is 1. The molecule has 16 heavy (non-hydrogen) atoms. The smallest absolute Gasteiger partial charge is 0.163 e. The van der Waals surface area contributed by atoms with E-state index in [4.69, 9.17) is 11.6 Å². The van der Waals surface area contributed by atoms with E-state index in [1.54, 1.807) is 0 Å². The Hall–Kier alpha value is -1.34. The van der Waals surface area contributed by atoms with Gasteiger partial charge in [-0.15, -0.1) is 0 Å². The maximum absolute atomic E-state index is 11.8. The van der Waals surface area contributed by atoms with Gasteiger partial charge in [-0.3, -0.25) is 4.79 Å². The van der Waals surface area contributed by atoms with Crippen molar-refractivity contribution in [2.24, 2.45) is 11.8 Å². The molecule has 1 saturated carbocycles. The van der Waals surface area contributed by atoms with Crippen LogP contribution >= 0.6 is 11.6 Å². The maximum Gasteiger partial charge on any atom is 0.163 e. The lowest BCUT2D eigenvalue weighted by molar-refractivity contribution is -0.124. The Balaban J connectivity index is 1.93. The lowest BCUT2D eigenvalue weighted by Gasteiger charge is -2.31. The fraction of sp³-hybridized carbons (Fsp3) is 0.214. The summed E-state index contributed by atoms with van der Waals surface area (Å²) in [5.74, 6) is 0.881. The first-order valence-electron chi connectivity index (χ1n) is 5.44. The van der Waals surface area contributed by atoms with Crippen molar-refractivity contribution in [1.29, 1.82) is 0 Å². The zero-order chi connectivity index (χ0) is 11.1. The van der Waals surface area contributed by atoms with Crippen molar-refractivity contribution in [3.05, 3.63) is 52.6 Å². The Kier molecular flexibility index (Phi) is 2.22. The van der Waals surface area contributed by atoms with Gasteiger partial charge in [0, 0.05) is 22.4 Å². The molecule has 1 fully saturated rings. The molecule has 2 aliphatic rings. The minimum absolute atomic E-state index is 0.227. The summed E-state index contributed by atoms with van der Waals surface area (Å²) >= 11 is 5.91. The molecule has 1 aromatic carbocycles. The molecule has 0 unspecified atom stereocenters. The molecule has 2 aliphatic carbocycles. The molecule has 0 amide bonds. The van der Waals surface area contributed by atoms with Gasteiger partial charge >= 0.3 is 0 Å². The zero-order valence-corrected chi connectivity index (χ0v) is 9.45. The molecular formula is C14H11ClO. The molecule has 80 valence electrons. The molecule has 3 rings (SSSR count). The van der Waals surface area contributed by atoms with Crippen LogP contribution in [0, 0.1) is 11.8 Å².